The molecule has 1 aliphatic heterocycles. The van der Waals surface area contributed by atoms with Crippen molar-refractivity contribution >= 4 is 21.8 Å². The van der Waals surface area contributed by atoms with Gasteiger partial charge in [-0.15, -0.1) is 0 Å². The molecule has 3 rings (SSSR count). The summed E-state index contributed by atoms with van der Waals surface area (Å²) in [5.41, 5.74) is 0.702. The highest BCUT2D eigenvalue weighted by Gasteiger charge is 2.35. The maximum absolute atomic E-state index is 13.2. The Morgan fingerprint density at radius 3 is 2.55 bits per heavy atom. The zero-order valence-corrected chi connectivity index (χ0v) is 19.5. The average Bonchev–Trinajstić information content (AvgIpc) is 2.81. The number of rotatable bonds is 8. The van der Waals surface area contributed by atoms with Gasteiger partial charge in [0.2, 0.25) is 21.8 Å². The van der Waals surface area contributed by atoms with E-state index in [4.69, 9.17) is 0 Å². The number of aromatic nitrogens is 1. The Balaban J connectivity index is 1.63. The molecular formula is C23H29FN4O4S. The predicted molar refractivity (Wildman–Crippen MR) is 121 cm³/mol. The maximum Gasteiger partial charge on any atom is 0.243 e. The summed E-state index contributed by atoms with van der Waals surface area (Å²) in [4.78, 5) is 29.8. The molecule has 1 saturated heterocycles. The van der Waals surface area contributed by atoms with Crippen LogP contribution in [0.3, 0.4) is 0 Å². The number of hydrogen-bond donors (Lipinski definition) is 2. The van der Waals surface area contributed by atoms with Gasteiger partial charge in [0.05, 0.1) is 23.1 Å². The molecule has 2 aromatic rings. The van der Waals surface area contributed by atoms with Gasteiger partial charge in [-0.05, 0) is 55.2 Å². The van der Waals surface area contributed by atoms with Crippen molar-refractivity contribution in [2.75, 3.05) is 13.1 Å². The van der Waals surface area contributed by atoms with Gasteiger partial charge >= 0.3 is 0 Å². The summed E-state index contributed by atoms with van der Waals surface area (Å²) in [6.07, 6.45) is 2.66. The Morgan fingerprint density at radius 2 is 1.91 bits per heavy atom. The molecule has 1 unspecified atom stereocenters. The van der Waals surface area contributed by atoms with Crippen molar-refractivity contribution in [2.24, 2.45) is 11.8 Å². The van der Waals surface area contributed by atoms with Crippen LogP contribution < -0.4 is 10.6 Å². The lowest BCUT2D eigenvalue weighted by Gasteiger charge is -2.32. The van der Waals surface area contributed by atoms with E-state index in [0.29, 0.717) is 18.5 Å². The van der Waals surface area contributed by atoms with E-state index < -0.39 is 27.8 Å². The van der Waals surface area contributed by atoms with Crippen LogP contribution in [0.4, 0.5) is 4.39 Å². The third kappa shape index (κ3) is 6.35. The summed E-state index contributed by atoms with van der Waals surface area (Å²) in [6.45, 7) is 4.19. The summed E-state index contributed by atoms with van der Waals surface area (Å²) >= 11 is 0. The lowest BCUT2D eigenvalue weighted by molar-refractivity contribution is -0.132. The first-order valence-electron chi connectivity index (χ1n) is 10.9. The van der Waals surface area contributed by atoms with Crippen LogP contribution in [0.2, 0.25) is 0 Å². The minimum absolute atomic E-state index is 0.00587. The van der Waals surface area contributed by atoms with Crippen molar-refractivity contribution < 1.29 is 22.4 Å². The molecule has 8 nitrogen and oxygen atoms in total. The van der Waals surface area contributed by atoms with Crippen molar-refractivity contribution in [2.45, 2.75) is 44.2 Å². The first kappa shape index (κ1) is 24.8. The molecular weight excluding hydrogens is 447 g/mol. The Hall–Kier alpha value is -2.85. The minimum Gasteiger partial charge on any atom is -0.349 e. The van der Waals surface area contributed by atoms with Gasteiger partial charge in [0.25, 0.3) is 0 Å². The van der Waals surface area contributed by atoms with Crippen molar-refractivity contribution in [3.63, 3.8) is 0 Å². The molecule has 0 saturated carbocycles. The predicted octanol–water partition coefficient (Wildman–Crippen LogP) is 2.08. The lowest BCUT2D eigenvalue weighted by Crippen LogP contribution is -2.53. The summed E-state index contributed by atoms with van der Waals surface area (Å²) in [5.74, 6) is -1.96. The van der Waals surface area contributed by atoms with Gasteiger partial charge in [0.15, 0.2) is 0 Å². The zero-order chi connectivity index (χ0) is 24.0. The third-order valence-corrected chi connectivity index (χ3v) is 7.50. The van der Waals surface area contributed by atoms with Gasteiger partial charge in [-0.25, -0.2) is 12.8 Å². The summed E-state index contributed by atoms with van der Waals surface area (Å²) < 4.78 is 40.3. The highest BCUT2D eigenvalue weighted by atomic mass is 32.2. The van der Waals surface area contributed by atoms with Crippen LogP contribution in [0.25, 0.3) is 0 Å². The highest BCUT2D eigenvalue weighted by Crippen LogP contribution is 2.24. The van der Waals surface area contributed by atoms with Crippen LogP contribution in [0, 0.1) is 17.7 Å². The standard InChI is InChI=1S/C23H29FN4O4S/c1-16(2)21(23(30)26-14-19-7-3-4-12-25-19)27-22(29)17-6-5-13-28(15-17)33(31,32)20-10-8-18(24)9-11-20/h3-4,7-12,16-17,21H,5-6,13-15H2,1-2H3,(H,26,30)(H,27,29)/t17?,21-/m0/s1. The van der Waals surface area contributed by atoms with Crippen LogP contribution >= 0.6 is 0 Å². The summed E-state index contributed by atoms with van der Waals surface area (Å²) in [6, 6.07) is 9.27. The number of carbonyl (C=O) groups is 2. The van der Waals surface area contributed by atoms with Crippen molar-refractivity contribution in [3.05, 3.63) is 60.2 Å². The average molecular weight is 477 g/mol. The molecule has 1 aromatic heterocycles. The van der Waals surface area contributed by atoms with Gasteiger partial charge in [-0.1, -0.05) is 19.9 Å². The van der Waals surface area contributed by atoms with E-state index in [1.807, 2.05) is 19.9 Å². The van der Waals surface area contributed by atoms with Gasteiger partial charge < -0.3 is 10.6 Å². The molecule has 178 valence electrons. The number of halogens is 1. The minimum atomic E-state index is -3.85. The Labute approximate surface area is 193 Å². The van der Waals surface area contributed by atoms with E-state index in [-0.39, 0.29) is 42.3 Å². The molecule has 1 aromatic carbocycles. The second-order valence-electron chi connectivity index (χ2n) is 8.43. The van der Waals surface area contributed by atoms with Crippen LogP contribution in [-0.2, 0) is 26.2 Å². The fraction of sp³-hybridized carbons (Fsp3) is 0.435. The van der Waals surface area contributed by atoms with Crippen LogP contribution in [0.1, 0.15) is 32.4 Å². The molecule has 0 radical (unpaired) electrons. The summed E-state index contributed by atoms with van der Waals surface area (Å²) in [5, 5.41) is 5.59. The molecule has 33 heavy (non-hydrogen) atoms. The van der Waals surface area contributed by atoms with Crippen molar-refractivity contribution in [3.8, 4) is 0 Å². The second-order valence-corrected chi connectivity index (χ2v) is 10.4. The van der Waals surface area contributed by atoms with Gasteiger partial charge in [0.1, 0.15) is 11.9 Å². The number of hydrogen-bond acceptors (Lipinski definition) is 5. The molecule has 2 N–H and O–H groups in total. The zero-order valence-electron chi connectivity index (χ0n) is 18.7. The quantitative estimate of drug-likeness (QED) is 0.607. The Kier molecular flexibility index (Phi) is 8.15. The van der Waals surface area contributed by atoms with Crippen molar-refractivity contribution in [1.82, 2.24) is 19.9 Å². The van der Waals surface area contributed by atoms with Gasteiger partial charge in [-0.3, -0.25) is 14.6 Å². The summed E-state index contributed by atoms with van der Waals surface area (Å²) in [7, 11) is -3.85. The molecule has 2 atom stereocenters. The molecule has 0 aliphatic carbocycles. The first-order valence-corrected chi connectivity index (χ1v) is 12.4. The molecule has 2 heterocycles. The number of nitrogens with zero attached hydrogens (tertiary/aromatic N) is 2. The fourth-order valence-corrected chi connectivity index (χ4v) is 5.25. The van der Waals surface area contributed by atoms with Crippen LogP contribution in [0.5, 0.6) is 0 Å². The molecule has 2 amide bonds. The SMILES string of the molecule is CC(C)[C@H](NC(=O)C1CCCN(S(=O)(=O)c2ccc(F)cc2)C1)C(=O)NCc1ccccn1. The number of piperidine rings is 1. The molecule has 0 spiro atoms. The number of pyridine rings is 1. The molecule has 1 aliphatic rings. The second kappa shape index (κ2) is 10.8. The van der Waals surface area contributed by atoms with E-state index in [1.165, 1.54) is 16.4 Å². The van der Waals surface area contributed by atoms with E-state index >= 15 is 0 Å². The maximum atomic E-state index is 13.2. The Bertz CT molecular complexity index is 1060. The van der Waals surface area contributed by atoms with Crippen molar-refractivity contribution in [1.29, 1.82) is 0 Å². The van der Waals surface area contributed by atoms with E-state index in [0.717, 1.165) is 12.1 Å². The van der Waals surface area contributed by atoms with Crippen LogP contribution in [-0.4, -0.2) is 48.7 Å². The number of benzene rings is 1. The topological polar surface area (TPSA) is 108 Å². The van der Waals surface area contributed by atoms with E-state index in [9.17, 15) is 22.4 Å². The molecule has 1 fully saturated rings. The fourth-order valence-electron chi connectivity index (χ4n) is 3.73. The smallest absolute Gasteiger partial charge is 0.243 e. The lowest BCUT2D eigenvalue weighted by atomic mass is 9.96. The third-order valence-electron chi connectivity index (χ3n) is 5.62. The number of nitrogens with one attached hydrogen (secondary N) is 2. The first-order chi connectivity index (χ1) is 15.7. The van der Waals surface area contributed by atoms with Crippen LogP contribution in [0.15, 0.2) is 53.6 Å². The largest absolute Gasteiger partial charge is 0.349 e. The number of sulfonamides is 1. The monoisotopic (exact) mass is 476 g/mol. The van der Waals surface area contributed by atoms with Gasteiger partial charge in [0, 0.05) is 19.3 Å². The normalized spacial score (nSPS) is 18.0. The molecule has 0 bridgehead atoms. The number of carbonyl (C=O) groups excluding carboxylic acids is 2. The van der Waals surface area contributed by atoms with Gasteiger partial charge in [-0.2, -0.15) is 4.31 Å². The van der Waals surface area contributed by atoms with E-state index in [1.54, 1.807) is 18.3 Å². The Morgan fingerprint density at radius 1 is 1.18 bits per heavy atom. The molecule has 10 heteroatoms. The highest BCUT2D eigenvalue weighted by molar-refractivity contribution is 7.89. The number of amides is 2. The van der Waals surface area contributed by atoms with E-state index in [2.05, 4.69) is 15.6 Å².